The number of anilines is 1. The Bertz CT molecular complexity index is 382. The zero-order chi connectivity index (χ0) is 12.8. The lowest BCUT2D eigenvalue weighted by molar-refractivity contribution is -0.144. The van der Waals surface area contributed by atoms with E-state index in [0.29, 0.717) is 6.54 Å². The van der Waals surface area contributed by atoms with Crippen LogP contribution < -0.4 is 4.90 Å². The third-order valence-corrected chi connectivity index (χ3v) is 2.59. The van der Waals surface area contributed by atoms with Crippen LogP contribution in [0.1, 0.15) is 19.5 Å². The molecule has 94 valence electrons. The first-order valence-electron chi connectivity index (χ1n) is 5.69. The number of hydrogen-bond acceptors (Lipinski definition) is 5. The maximum Gasteiger partial charge on any atom is 0.310 e. The van der Waals surface area contributed by atoms with Crippen molar-refractivity contribution in [1.82, 2.24) is 9.97 Å². The average molecular weight is 237 g/mol. The molecular formula is C12H19N3O2. The van der Waals surface area contributed by atoms with Gasteiger partial charge >= 0.3 is 5.97 Å². The molecule has 0 aromatic carbocycles. The Morgan fingerprint density at radius 3 is 2.76 bits per heavy atom. The maximum atomic E-state index is 11.4. The Morgan fingerprint density at radius 2 is 2.24 bits per heavy atom. The van der Waals surface area contributed by atoms with Gasteiger partial charge in [0.1, 0.15) is 12.1 Å². The second kappa shape index (κ2) is 6.18. The zero-order valence-electron chi connectivity index (χ0n) is 10.8. The molecule has 0 unspecified atom stereocenters. The Hall–Kier alpha value is -1.65. The number of carbonyl (C=O) groups is 1. The highest BCUT2D eigenvalue weighted by atomic mass is 16.5. The van der Waals surface area contributed by atoms with Crippen LogP contribution in [-0.2, 0) is 9.53 Å². The summed E-state index contributed by atoms with van der Waals surface area (Å²) in [6.45, 7) is 7.18. The largest absolute Gasteiger partial charge is 0.469 e. The summed E-state index contributed by atoms with van der Waals surface area (Å²) in [6, 6.07) is 1.91. The summed E-state index contributed by atoms with van der Waals surface area (Å²) < 4.78 is 4.72. The minimum atomic E-state index is -0.200. The van der Waals surface area contributed by atoms with E-state index in [1.807, 2.05) is 31.7 Å². The van der Waals surface area contributed by atoms with Gasteiger partial charge in [-0.25, -0.2) is 9.97 Å². The Kier molecular flexibility index (Phi) is 4.87. The minimum absolute atomic E-state index is 0.171. The molecule has 0 aliphatic heterocycles. The smallest absolute Gasteiger partial charge is 0.310 e. The fraction of sp³-hybridized carbons (Fsp3) is 0.583. The minimum Gasteiger partial charge on any atom is -0.469 e. The normalized spacial score (nSPS) is 12.0. The van der Waals surface area contributed by atoms with Crippen LogP contribution in [-0.4, -0.2) is 36.1 Å². The number of aromatic nitrogens is 2. The van der Waals surface area contributed by atoms with Crippen molar-refractivity contribution in [3.05, 3.63) is 18.1 Å². The standard InChI is InChI=1S/C12H19N3O2/c1-5-15(7-9(2)12(16)17-4)11-6-10(3)13-8-14-11/h6,8-9H,5,7H2,1-4H3/t9-/m1/s1. The molecule has 0 saturated carbocycles. The number of rotatable bonds is 5. The molecule has 0 saturated heterocycles. The molecule has 5 heteroatoms. The van der Waals surface area contributed by atoms with E-state index < -0.39 is 0 Å². The molecule has 0 fully saturated rings. The summed E-state index contributed by atoms with van der Waals surface area (Å²) in [6.07, 6.45) is 1.54. The molecule has 0 radical (unpaired) electrons. The van der Waals surface area contributed by atoms with Gasteiger partial charge in [0.2, 0.25) is 0 Å². The van der Waals surface area contributed by atoms with E-state index in [-0.39, 0.29) is 11.9 Å². The van der Waals surface area contributed by atoms with Crippen molar-refractivity contribution in [2.45, 2.75) is 20.8 Å². The van der Waals surface area contributed by atoms with Gasteiger partial charge in [-0.2, -0.15) is 0 Å². The van der Waals surface area contributed by atoms with E-state index in [1.54, 1.807) is 0 Å². The van der Waals surface area contributed by atoms with Gasteiger partial charge in [-0.05, 0) is 13.8 Å². The number of nitrogens with zero attached hydrogens (tertiary/aromatic N) is 3. The summed E-state index contributed by atoms with van der Waals surface area (Å²) in [5.41, 5.74) is 0.916. The number of methoxy groups -OCH3 is 1. The van der Waals surface area contributed by atoms with Crippen molar-refractivity contribution < 1.29 is 9.53 Å². The monoisotopic (exact) mass is 237 g/mol. The fourth-order valence-electron chi connectivity index (χ4n) is 1.60. The lowest BCUT2D eigenvalue weighted by Gasteiger charge is -2.24. The van der Waals surface area contributed by atoms with Crippen molar-refractivity contribution in [3.8, 4) is 0 Å². The summed E-state index contributed by atoms with van der Waals surface area (Å²) >= 11 is 0. The SMILES string of the molecule is CCN(C[C@@H](C)C(=O)OC)c1cc(C)ncn1. The van der Waals surface area contributed by atoms with Gasteiger partial charge in [0.05, 0.1) is 13.0 Å². The number of ether oxygens (including phenoxy) is 1. The number of aryl methyl sites for hydroxylation is 1. The number of carbonyl (C=O) groups excluding carboxylic acids is 1. The van der Waals surface area contributed by atoms with Crippen LogP contribution in [0.15, 0.2) is 12.4 Å². The molecule has 0 aliphatic carbocycles. The van der Waals surface area contributed by atoms with Gasteiger partial charge in [0.15, 0.2) is 0 Å². The van der Waals surface area contributed by atoms with E-state index in [0.717, 1.165) is 18.1 Å². The number of esters is 1. The molecule has 5 nitrogen and oxygen atoms in total. The second-order valence-electron chi connectivity index (χ2n) is 3.98. The van der Waals surface area contributed by atoms with Crippen LogP contribution in [0.25, 0.3) is 0 Å². The predicted octanol–water partition coefficient (Wildman–Crippen LogP) is 1.42. The topological polar surface area (TPSA) is 55.3 Å². The summed E-state index contributed by atoms with van der Waals surface area (Å²) in [7, 11) is 1.41. The molecule has 1 aromatic rings. The Labute approximate surface area is 102 Å². The molecule has 0 amide bonds. The fourth-order valence-corrected chi connectivity index (χ4v) is 1.60. The average Bonchev–Trinajstić information content (AvgIpc) is 2.34. The Morgan fingerprint density at radius 1 is 1.53 bits per heavy atom. The van der Waals surface area contributed by atoms with Crippen molar-refractivity contribution in [1.29, 1.82) is 0 Å². The third kappa shape index (κ3) is 3.69. The van der Waals surface area contributed by atoms with Crippen molar-refractivity contribution in [2.75, 3.05) is 25.1 Å². The molecule has 1 rings (SSSR count). The van der Waals surface area contributed by atoms with Crippen LogP contribution in [0, 0.1) is 12.8 Å². The van der Waals surface area contributed by atoms with Gasteiger partial charge in [0.25, 0.3) is 0 Å². The van der Waals surface area contributed by atoms with E-state index in [9.17, 15) is 4.79 Å². The van der Waals surface area contributed by atoms with Crippen LogP contribution in [0.4, 0.5) is 5.82 Å². The highest BCUT2D eigenvalue weighted by molar-refractivity contribution is 5.72. The molecule has 0 bridgehead atoms. The highest BCUT2D eigenvalue weighted by Gasteiger charge is 2.17. The van der Waals surface area contributed by atoms with Gasteiger partial charge in [-0.1, -0.05) is 6.92 Å². The molecular weight excluding hydrogens is 218 g/mol. The number of hydrogen-bond donors (Lipinski definition) is 0. The van der Waals surface area contributed by atoms with Gasteiger partial charge < -0.3 is 9.64 Å². The molecule has 1 atom stereocenters. The zero-order valence-corrected chi connectivity index (χ0v) is 10.8. The van der Waals surface area contributed by atoms with E-state index in [1.165, 1.54) is 13.4 Å². The van der Waals surface area contributed by atoms with Crippen molar-refractivity contribution >= 4 is 11.8 Å². The van der Waals surface area contributed by atoms with Crippen molar-refractivity contribution in [2.24, 2.45) is 5.92 Å². The van der Waals surface area contributed by atoms with Gasteiger partial charge in [0, 0.05) is 24.8 Å². The van der Waals surface area contributed by atoms with E-state index in [2.05, 4.69) is 9.97 Å². The molecule has 0 aliphatic rings. The van der Waals surface area contributed by atoms with Crippen LogP contribution in [0.2, 0.25) is 0 Å². The second-order valence-corrected chi connectivity index (χ2v) is 3.98. The quantitative estimate of drug-likeness (QED) is 0.725. The molecule has 1 heterocycles. The predicted molar refractivity (Wildman–Crippen MR) is 65.8 cm³/mol. The third-order valence-electron chi connectivity index (χ3n) is 2.59. The van der Waals surface area contributed by atoms with Crippen LogP contribution in [0.3, 0.4) is 0 Å². The summed E-state index contributed by atoms with van der Waals surface area (Å²) in [4.78, 5) is 21.7. The van der Waals surface area contributed by atoms with E-state index >= 15 is 0 Å². The molecule has 0 spiro atoms. The lowest BCUT2D eigenvalue weighted by atomic mass is 10.1. The highest BCUT2D eigenvalue weighted by Crippen LogP contribution is 2.13. The summed E-state index contributed by atoms with van der Waals surface area (Å²) in [5, 5.41) is 0. The van der Waals surface area contributed by atoms with Gasteiger partial charge in [-0.15, -0.1) is 0 Å². The molecule has 0 N–H and O–H groups in total. The Balaban J connectivity index is 2.75. The molecule has 17 heavy (non-hydrogen) atoms. The first kappa shape index (κ1) is 13.4. The van der Waals surface area contributed by atoms with Gasteiger partial charge in [-0.3, -0.25) is 4.79 Å². The lowest BCUT2D eigenvalue weighted by Crippen LogP contribution is -2.32. The van der Waals surface area contributed by atoms with Crippen LogP contribution in [0.5, 0.6) is 0 Å². The van der Waals surface area contributed by atoms with E-state index in [4.69, 9.17) is 4.74 Å². The summed E-state index contributed by atoms with van der Waals surface area (Å²) in [5.74, 6) is 0.472. The molecule has 1 aromatic heterocycles. The first-order valence-corrected chi connectivity index (χ1v) is 5.69. The first-order chi connectivity index (χ1) is 8.08. The van der Waals surface area contributed by atoms with Crippen LogP contribution >= 0.6 is 0 Å². The maximum absolute atomic E-state index is 11.4. The van der Waals surface area contributed by atoms with Crippen molar-refractivity contribution in [3.63, 3.8) is 0 Å².